The first-order valence-corrected chi connectivity index (χ1v) is 7.86. The van der Waals surface area contributed by atoms with Gasteiger partial charge < -0.3 is 19.1 Å². The second kappa shape index (κ2) is 6.67. The summed E-state index contributed by atoms with van der Waals surface area (Å²) in [5.74, 6) is 2.44. The van der Waals surface area contributed by atoms with Crippen molar-refractivity contribution in [2.75, 3.05) is 40.5 Å². The molecule has 0 aliphatic carbocycles. The Hall–Kier alpha value is -1.26. The Balaban J connectivity index is 1.66. The van der Waals surface area contributed by atoms with Crippen LogP contribution in [0.1, 0.15) is 30.7 Å². The van der Waals surface area contributed by atoms with E-state index >= 15 is 0 Å². The van der Waals surface area contributed by atoms with Gasteiger partial charge in [0, 0.05) is 24.6 Å². The molecule has 0 bridgehead atoms. The molecule has 4 nitrogen and oxygen atoms in total. The van der Waals surface area contributed by atoms with Crippen LogP contribution in [0.25, 0.3) is 0 Å². The van der Waals surface area contributed by atoms with Crippen molar-refractivity contribution >= 4 is 0 Å². The van der Waals surface area contributed by atoms with Gasteiger partial charge in [0.1, 0.15) is 18.1 Å². The van der Waals surface area contributed by atoms with Crippen LogP contribution in [-0.4, -0.2) is 51.5 Å². The van der Waals surface area contributed by atoms with Gasteiger partial charge in [0.15, 0.2) is 0 Å². The first kappa shape index (κ1) is 14.7. The van der Waals surface area contributed by atoms with Crippen molar-refractivity contribution in [3.8, 4) is 11.5 Å². The molecule has 2 heterocycles. The fraction of sp³-hybridized carbons (Fsp3) is 0.647. The molecule has 0 spiro atoms. The number of methoxy groups -OCH3 is 1. The zero-order valence-corrected chi connectivity index (χ0v) is 13.0. The number of fused-ring (bicyclic) bond motifs is 1. The molecule has 0 radical (unpaired) electrons. The molecule has 21 heavy (non-hydrogen) atoms. The molecule has 1 aromatic carbocycles. The second-order valence-electron chi connectivity index (χ2n) is 6.06. The van der Waals surface area contributed by atoms with Gasteiger partial charge in [0.2, 0.25) is 0 Å². The molecular weight excluding hydrogens is 266 g/mol. The van der Waals surface area contributed by atoms with Crippen molar-refractivity contribution in [1.82, 2.24) is 4.90 Å². The van der Waals surface area contributed by atoms with Gasteiger partial charge in [-0.3, -0.25) is 0 Å². The third-order valence-corrected chi connectivity index (χ3v) is 4.65. The van der Waals surface area contributed by atoms with Crippen molar-refractivity contribution in [2.45, 2.75) is 31.2 Å². The molecule has 2 aliphatic rings. The molecule has 0 unspecified atom stereocenters. The van der Waals surface area contributed by atoms with Gasteiger partial charge in [-0.05, 0) is 51.1 Å². The Bertz CT molecular complexity index is 477. The lowest BCUT2D eigenvalue weighted by atomic mass is 9.93. The summed E-state index contributed by atoms with van der Waals surface area (Å²) in [6, 6.07) is 6.87. The summed E-state index contributed by atoms with van der Waals surface area (Å²) in [6.45, 7) is 3.24. The van der Waals surface area contributed by atoms with E-state index in [-0.39, 0.29) is 0 Å². The van der Waals surface area contributed by atoms with E-state index in [9.17, 15) is 0 Å². The van der Waals surface area contributed by atoms with Crippen LogP contribution in [0.4, 0.5) is 0 Å². The maximum absolute atomic E-state index is 5.84. The van der Waals surface area contributed by atoms with Gasteiger partial charge in [0.05, 0.1) is 13.2 Å². The third kappa shape index (κ3) is 3.33. The number of rotatable bonds is 6. The Morgan fingerprint density at radius 2 is 2.24 bits per heavy atom. The Morgan fingerprint density at radius 3 is 3.00 bits per heavy atom. The van der Waals surface area contributed by atoms with Gasteiger partial charge in [-0.1, -0.05) is 0 Å². The highest BCUT2D eigenvalue weighted by atomic mass is 16.5. The Labute approximate surface area is 127 Å². The first-order valence-electron chi connectivity index (χ1n) is 7.86. The lowest BCUT2D eigenvalue weighted by molar-refractivity contribution is 0.146. The number of likely N-dealkylation sites (tertiary alicyclic amines) is 1. The maximum Gasteiger partial charge on any atom is 0.123 e. The van der Waals surface area contributed by atoms with Crippen molar-refractivity contribution in [3.05, 3.63) is 23.8 Å². The van der Waals surface area contributed by atoms with E-state index in [1.54, 1.807) is 7.11 Å². The van der Waals surface area contributed by atoms with Crippen LogP contribution in [0.3, 0.4) is 0 Å². The van der Waals surface area contributed by atoms with Crippen LogP contribution in [0.5, 0.6) is 11.5 Å². The van der Waals surface area contributed by atoms with Gasteiger partial charge in [-0.25, -0.2) is 0 Å². The van der Waals surface area contributed by atoms with Crippen molar-refractivity contribution in [1.29, 1.82) is 0 Å². The van der Waals surface area contributed by atoms with E-state index in [1.165, 1.54) is 31.4 Å². The fourth-order valence-corrected chi connectivity index (χ4v) is 3.39. The molecule has 0 aromatic heterocycles. The molecule has 0 amide bonds. The summed E-state index contributed by atoms with van der Waals surface area (Å²) in [5.41, 5.74) is 1.31. The number of benzene rings is 1. The molecule has 2 aliphatic heterocycles. The topological polar surface area (TPSA) is 30.9 Å². The third-order valence-electron chi connectivity index (χ3n) is 4.65. The summed E-state index contributed by atoms with van der Waals surface area (Å²) in [4.78, 5) is 2.48. The molecule has 116 valence electrons. The van der Waals surface area contributed by atoms with Gasteiger partial charge in [-0.15, -0.1) is 0 Å². The number of hydrogen-bond acceptors (Lipinski definition) is 4. The number of ether oxygens (including phenoxy) is 3. The molecule has 1 aromatic rings. The summed E-state index contributed by atoms with van der Waals surface area (Å²) in [7, 11) is 3.92. The van der Waals surface area contributed by atoms with Crippen molar-refractivity contribution in [3.63, 3.8) is 0 Å². The maximum atomic E-state index is 5.84. The van der Waals surface area contributed by atoms with Crippen LogP contribution in [0, 0.1) is 0 Å². The minimum Gasteiger partial charge on any atom is -0.493 e. The summed E-state index contributed by atoms with van der Waals surface area (Å²) < 4.78 is 16.6. The largest absolute Gasteiger partial charge is 0.493 e. The summed E-state index contributed by atoms with van der Waals surface area (Å²) >= 11 is 0. The quantitative estimate of drug-likeness (QED) is 0.754. The number of hydrogen-bond donors (Lipinski definition) is 0. The summed E-state index contributed by atoms with van der Waals surface area (Å²) in [6.07, 6.45) is 3.82. The SMILES string of the molecule is COCCOc1ccc2c(c1)[C@@H](C[C@H]1CCCN1C)CO2. The van der Waals surface area contributed by atoms with Gasteiger partial charge in [-0.2, -0.15) is 0 Å². The zero-order valence-electron chi connectivity index (χ0n) is 13.0. The average molecular weight is 291 g/mol. The lowest BCUT2D eigenvalue weighted by Gasteiger charge is -2.22. The van der Waals surface area contributed by atoms with E-state index in [0.717, 1.165) is 18.1 Å². The Morgan fingerprint density at radius 1 is 1.33 bits per heavy atom. The van der Waals surface area contributed by atoms with Gasteiger partial charge in [0.25, 0.3) is 0 Å². The monoisotopic (exact) mass is 291 g/mol. The van der Waals surface area contributed by atoms with Crippen LogP contribution in [-0.2, 0) is 4.74 Å². The van der Waals surface area contributed by atoms with Gasteiger partial charge >= 0.3 is 0 Å². The molecule has 2 atom stereocenters. The predicted octanol–water partition coefficient (Wildman–Crippen LogP) is 2.67. The highest BCUT2D eigenvalue weighted by Gasteiger charge is 2.30. The Kier molecular flexibility index (Phi) is 4.66. The van der Waals surface area contributed by atoms with E-state index < -0.39 is 0 Å². The highest BCUT2D eigenvalue weighted by molar-refractivity contribution is 5.45. The van der Waals surface area contributed by atoms with E-state index in [0.29, 0.717) is 25.2 Å². The lowest BCUT2D eigenvalue weighted by Crippen LogP contribution is -2.27. The van der Waals surface area contributed by atoms with E-state index in [4.69, 9.17) is 14.2 Å². The minimum atomic E-state index is 0.497. The average Bonchev–Trinajstić information content (AvgIpc) is 3.07. The van der Waals surface area contributed by atoms with E-state index in [1.807, 2.05) is 12.1 Å². The van der Waals surface area contributed by atoms with Crippen LogP contribution in [0.15, 0.2) is 18.2 Å². The van der Waals surface area contributed by atoms with Crippen molar-refractivity contribution in [2.24, 2.45) is 0 Å². The molecule has 0 N–H and O–H groups in total. The molecule has 1 saturated heterocycles. The standard InChI is InChI=1S/C17H25NO3/c1-18-7-3-4-14(18)10-13-12-21-17-6-5-15(11-16(13)17)20-9-8-19-2/h5-6,11,13-14H,3-4,7-10,12H2,1-2H3/t13-,14+/m0/s1. The molecular formula is C17H25NO3. The fourth-order valence-electron chi connectivity index (χ4n) is 3.39. The second-order valence-corrected chi connectivity index (χ2v) is 6.06. The number of nitrogens with zero attached hydrogens (tertiary/aromatic N) is 1. The first-order chi connectivity index (χ1) is 10.3. The normalized spacial score (nSPS) is 24.9. The molecule has 1 fully saturated rings. The highest BCUT2D eigenvalue weighted by Crippen LogP contribution is 2.40. The van der Waals surface area contributed by atoms with Crippen LogP contribution >= 0.6 is 0 Å². The summed E-state index contributed by atoms with van der Waals surface area (Å²) in [5, 5.41) is 0. The minimum absolute atomic E-state index is 0.497. The van der Waals surface area contributed by atoms with Crippen molar-refractivity contribution < 1.29 is 14.2 Å². The molecule has 4 heteroatoms. The zero-order chi connectivity index (χ0) is 14.7. The smallest absolute Gasteiger partial charge is 0.123 e. The molecule has 0 saturated carbocycles. The van der Waals surface area contributed by atoms with Crippen LogP contribution in [0.2, 0.25) is 0 Å². The van der Waals surface area contributed by atoms with Crippen LogP contribution < -0.4 is 9.47 Å². The molecule has 3 rings (SSSR count). The predicted molar refractivity (Wildman–Crippen MR) is 82.3 cm³/mol. The van der Waals surface area contributed by atoms with E-state index in [2.05, 4.69) is 18.0 Å².